The molecule has 0 aromatic heterocycles. The van der Waals surface area contributed by atoms with Gasteiger partial charge in [0.1, 0.15) is 5.82 Å². The second-order valence-corrected chi connectivity index (χ2v) is 5.41. The number of nitrogens with zero attached hydrogens (tertiary/aromatic N) is 1. The van der Waals surface area contributed by atoms with Crippen molar-refractivity contribution in [3.63, 3.8) is 0 Å². The van der Waals surface area contributed by atoms with E-state index >= 15 is 0 Å². The third-order valence-electron chi connectivity index (χ3n) is 3.95. The Labute approximate surface area is 130 Å². The third kappa shape index (κ3) is 3.87. The standard InChI is InChI=1S/C15H16F4N2O2/c16-10-1-2-12(15(17,18)19)11(7-10)14(23)9-3-5-21(6-4-9)13(22)8-20/h1-2,7,9H,3-6,8,20H2. The van der Waals surface area contributed by atoms with E-state index in [9.17, 15) is 27.2 Å². The molecule has 4 nitrogen and oxygen atoms in total. The van der Waals surface area contributed by atoms with E-state index in [1.807, 2.05) is 0 Å². The van der Waals surface area contributed by atoms with Crippen LogP contribution in [0.15, 0.2) is 18.2 Å². The number of halogens is 4. The van der Waals surface area contributed by atoms with Crippen LogP contribution in [-0.2, 0) is 11.0 Å². The molecule has 0 bridgehead atoms. The number of hydrogen-bond donors (Lipinski definition) is 1. The first kappa shape index (κ1) is 17.4. The number of benzene rings is 1. The van der Waals surface area contributed by atoms with Gasteiger partial charge in [-0.25, -0.2) is 4.39 Å². The average Bonchev–Trinajstić information content (AvgIpc) is 2.52. The van der Waals surface area contributed by atoms with Crippen LogP contribution in [0.2, 0.25) is 0 Å². The van der Waals surface area contributed by atoms with Crippen LogP contribution in [0.3, 0.4) is 0 Å². The topological polar surface area (TPSA) is 63.4 Å². The molecule has 0 unspecified atom stereocenters. The molecule has 2 rings (SSSR count). The van der Waals surface area contributed by atoms with Crippen LogP contribution in [0.4, 0.5) is 17.6 Å². The molecule has 1 aromatic rings. The van der Waals surface area contributed by atoms with E-state index in [-0.39, 0.29) is 38.4 Å². The molecule has 0 radical (unpaired) electrons. The van der Waals surface area contributed by atoms with Gasteiger partial charge in [0.05, 0.1) is 12.1 Å². The average molecular weight is 332 g/mol. The van der Waals surface area contributed by atoms with Crippen molar-refractivity contribution in [3.8, 4) is 0 Å². The minimum atomic E-state index is -4.73. The molecule has 0 saturated carbocycles. The zero-order valence-corrected chi connectivity index (χ0v) is 12.2. The van der Waals surface area contributed by atoms with Crippen LogP contribution in [-0.4, -0.2) is 36.2 Å². The van der Waals surface area contributed by atoms with E-state index < -0.39 is 34.8 Å². The van der Waals surface area contributed by atoms with Crippen molar-refractivity contribution < 1.29 is 27.2 Å². The van der Waals surface area contributed by atoms with Gasteiger partial charge in [0.25, 0.3) is 0 Å². The molecular weight excluding hydrogens is 316 g/mol. The van der Waals surface area contributed by atoms with Gasteiger partial charge in [-0.3, -0.25) is 9.59 Å². The van der Waals surface area contributed by atoms with Crippen molar-refractivity contribution in [2.75, 3.05) is 19.6 Å². The molecule has 0 atom stereocenters. The number of carbonyl (C=O) groups excluding carboxylic acids is 2. The van der Waals surface area contributed by atoms with Crippen LogP contribution in [0.25, 0.3) is 0 Å². The summed E-state index contributed by atoms with van der Waals surface area (Å²) in [6, 6.07) is 1.89. The van der Waals surface area contributed by atoms with E-state index in [1.165, 1.54) is 4.90 Å². The van der Waals surface area contributed by atoms with Gasteiger partial charge in [0.2, 0.25) is 5.91 Å². The summed E-state index contributed by atoms with van der Waals surface area (Å²) in [6.07, 6.45) is -4.26. The SMILES string of the molecule is NCC(=O)N1CCC(C(=O)c2cc(F)ccc2C(F)(F)F)CC1. The third-order valence-corrected chi connectivity index (χ3v) is 3.95. The normalized spacial score (nSPS) is 16.5. The van der Waals surface area contributed by atoms with E-state index in [0.29, 0.717) is 18.2 Å². The Balaban J connectivity index is 2.19. The highest BCUT2D eigenvalue weighted by atomic mass is 19.4. The summed E-state index contributed by atoms with van der Waals surface area (Å²) in [6.45, 7) is 0.354. The highest BCUT2D eigenvalue weighted by Crippen LogP contribution is 2.34. The molecule has 1 fully saturated rings. The molecule has 126 valence electrons. The van der Waals surface area contributed by atoms with Crippen molar-refractivity contribution in [1.82, 2.24) is 4.90 Å². The maximum absolute atomic E-state index is 13.3. The van der Waals surface area contributed by atoms with Crippen molar-refractivity contribution in [2.45, 2.75) is 19.0 Å². The Morgan fingerprint density at radius 3 is 2.35 bits per heavy atom. The van der Waals surface area contributed by atoms with Crippen LogP contribution < -0.4 is 5.73 Å². The monoisotopic (exact) mass is 332 g/mol. The van der Waals surface area contributed by atoms with Gasteiger partial charge in [-0.1, -0.05) is 0 Å². The first-order valence-corrected chi connectivity index (χ1v) is 7.13. The molecule has 0 spiro atoms. The fraction of sp³-hybridized carbons (Fsp3) is 0.467. The van der Waals surface area contributed by atoms with E-state index in [4.69, 9.17) is 5.73 Å². The maximum Gasteiger partial charge on any atom is 0.417 e. The number of amides is 1. The highest BCUT2D eigenvalue weighted by molar-refractivity contribution is 5.99. The molecule has 23 heavy (non-hydrogen) atoms. The molecule has 1 saturated heterocycles. The number of likely N-dealkylation sites (tertiary alicyclic amines) is 1. The van der Waals surface area contributed by atoms with Gasteiger partial charge in [0.15, 0.2) is 5.78 Å². The van der Waals surface area contributed by atoms with Crippen molar-refractivity contribution in [2.24, 2.45) is 11.7 Å². The number of Topliss-reactive ketones (excluding diaryl/α,β-unsaturated/α-hetero) is 1. The number of alkyl halides is 3. The fourth-order valence-electron chi connectivity index (χ4n) is 2.71. The minimum Gasteiger partial charge on any atom is -0.342 e. The van der Waals surface area contributed by atoms with Crippen LogP contribution in [0.1, 0.15) is 28.8 Å². The fourth-order valence-corrected chi connectivity index (χ4v) is 2.71. The molecular formula is C15H16F4N2O2. The molecule has 1 aromatic carbocycles. The highest BCUT2D eigenvalue weighted by Gasteiger charge is 2.37. The predicted octanol–water partition coefficient (Wildman–Crippen LogP) is 2.22. The zero-order valence-electron chi connectivity index (χ0n) is 12.2. The predicted molar refractivity (Wildman–Crippen MR) is 74.1 cm³/mol. The molecule has 1 aliphatic heterocycles. The Morgan fingerprint density at radius 1 is 1.22 bits per heavy atom. The van der Waals surface area contributed by atoms with Crippen LogP contribution in [0.5, 0.6) is 0 Å². The van der Waals surface area contributed by atoms with Crippen LogP contribution in [0, 0.1) is 11.7 Å². The van der Waals surface area contributed by atoms with E-state index in [2.05, 4.69) is 0 Å². The summed E-state index contributed by atoms with van der Waals surface area (Å²) in [5, 5.41) is 0. The second kappa shape index (κ2) is 6.66. The lowest BCUT2D eigenvalue weighted by molar-refractivity contribution is -0.138. The molecule has 8 heteroatoms. The number of ketones is 1. The van der Waals surface area contributed by atoms with Crippen LogP contribution >= 0.6 is 0 Å². The largest absolute Gasteiger partial charge is 0.417 e. The van der Waals surface area contributed by atoms with E-state index in [0.717, 1.165) is 0 Å². The number of carbonyl (C=O) groups is 2. The lowest BCUT2D eigenvalue weighted by Crippen LogP contribution is -2.43. The first-order chi connectivity index (χ1) is 10.7. The molecule has 0 aliphatic carbocycles. The zero-order chi connectivity index (χ0) is 17.2. The van der Waals surface area contributed by atoms with Crippen molar-refractivity contribution >= 4 is 11.7 Å². The van der Waals surface area contributed by atoms with Gasteiger partial charge in [0, 0.05) is 24.6 Å². The number of hydrogen-bond acceptors (Lipinski definition) is 3. The van der Waals surface area contributed by atoms with Gasteiger partial charge in [-0.15, -0.1) is 0 Å². The Hall–Kier alpha value is -1.96. The first-order valence-electron chi connectivity index (χ1n) is 7.13. The molecule has 1 heterocycles. The van der Waals surface area contributed by atoms with Gasteiger partial charge in [-0.2, -0.15) is 13.2 Å². The van der Waals surface area contributed by atoms with Crippen molar-refractivity contribution in [1.29, 1.82) is 0 Å². The lowest BCUT2D eigenvalue weighted by atomic mass is 9.87. The lowest BCUT2D eigenvalue weighted by Gasteiger charge is -2.31. The Morgan fingerprint density at radius 2 is 1.83 bits per heavy atom. The quantitative estimate of drug-likeness (QED) is 0.682. The molecule has 2 N–H and O–H groups in total. The Kier molecular flexibility index (Phi) is 5.03. The maximum atomic E-state index is 13.3. The number of nitrogens with two attached hydrogens (primary N) is 1. The summed E-state index contributed by atoms with van der Waals surface area (Å²) < 4.78 is 52.2. The van der Waals surface area contributed by atoms with Crippen molar-refractivity contribution in [3.05, 3.63) is 35.1 Å². The summed E-state index contributed by atoms with van der Waals surface area (Å²) >= 11 is 0. The summed E-state index contributed by atoms with van der Waals surface area (Å²) in [5.74, 6) is -2.56. The summed E-state index contributed by atoms with van der Waals surface area (Å²) in [4.78, 5) is 25.3. The minimum absolute atomic E-state index is 0.152. The van der Waals surface area contributed by atoms with Gasteiger partial charge < -0.3 is 10.6 Å². The number of piperidine rings is 1. The molecule has 1 amide bonds. The van der Waals surface area contributed by atoms with Gasteiger partial charge >= 0.3 is 6.18 Å². The van der Waals surface area contributed by atoms with E-state index in [1.54, 1.807) is 0 Å². The number of rotatable bonds is 3. The summed E-state index contributed by atoms with van der Waals surface area (Å²) in [5.41, 5.74) is 3.46. The Bertz CT molecular complexity index is 608. The smallest absolute Gasteiger partial charge is 0.342 e. The second-order valence-electron chi connectivity index (χ2n) is 5.41. The molecule has 1 aliphatic rings. The van der Waals surface area contributed by atoms with Gasteiger partial charge in [-0.05, 0) is 31.0 Å². The summed E-state index contributed by atoms with van der Waals surface area (Å²) in [7, 11) is 0.